The lowest BCUT2D eigenvalue weighted by Gasteiger charge is -2.36. The predicted molar refractivity (Wildman–Crippen MR) is 112 cm³/mol. The number of aromatic nitrogens is 2. The molecule has 1 N–H and O–H groups in total. The Balaban J connectivity index is 1.44. The lowest BCUT2D eigenvalue weighted by molar-refractivity contribution is 0.208. The number of carbonyl (C=O) groups excluding carboxylic acids is 1. The van der Waals surface area contributed by atoms with Crippen LogP contribution >= 0.6 is 0 Å². The standard InChI is InChI=1S/C22H25N5O/c1-17-21(18(2)27(24-17)20-11-7-4-8-12-20)25-13-15-26(16-14-25)22(28)23-19-9-5-3-6-10-19/h3-12H,13-16H2,1-2H3,(H,23,28). The molecule has 3 aromatic rings. The van der Waals surface area contributed by atoms with Crippen LogP contribution in [0.25, 0.3) is 5.69 Å². The Labute approximate surface area is 165 Å². The molecule has 1 aromatic heterocycles. The molecular weight excluding hydrogens is 350 g/mol. The monoisotopic (exact) mass is 375 g/mol. The molecule has 28 heavy (non-hydrogen) atoms. The van der Waals surface area contributed by atoms with Gasteiger partial charge in [-0.3, -0.25) is 0 Å². The van der Waals surface area contributed by atoms with Crippen molar-refractivity contribution in [1.82, 2.24) is 14.7 Å². The first-order valence-corrected chi connectivity index (χ1v) is 9.61. The SMILES string of the molecule is Cc1nn(-c2ccccc2)c(C)c1N1CCN(C(=O)Nc2ccccc2)CC1. The predicted octanol–water partition coefficient (Wildman–Crippen LogP) is 3.84. The lowest BCUT2D eigenvalue weighted by Crippen LogP contribution is -2.50. The maximum Gasteiger partial charge on any atom is 0.321 e. The molecule has 6 nitrogen and oxygen atoms in total. The third kappa shape index (κ3) is 3.58. The molecule has 0 saturated carbocycles. The van der Waals surface area contributed by atoms with Gasteiger partial charge in [0.15, 0.2) is 0 Å². The molecule has 144 valence electrons. The highest BCUT2D eigenvalue weighted by Crippen LogP contribution is 2.27. The first kappa shape index (κ1) is 18.1. The summed E-state index contributed by atoms with van der Waals surface area (Å²) in [5.41, 5.74) is 5.21. The summed E-state index contributed by atoms with van der Waals surface area (Å²) in [6, 6.07) is 19.7. The van der Waals surface area contributed by atoms with E-state index in [-0.39, 0.29) is 6.03 Å². The van der Waals surface area contributed by atoms with Crippen molar-refractivity contribution < 1.29 is 4.79 Å². The first-order chi connectivity index (χ1) is 13.6. The number of rotatable bonds is 3. The van der Waals surface area contributed by atoms with Gasteiger partial charge in [0.1, 0.15) is 0 Å². The molecule has 2 heterocycles. The number of piperazine rings is 1. The Bertz CT molecular complexity index is 944. The number of hydrogen-bond donors (Lipinski definition) is 1. The van der Waals surface area contributed by atoms with Gasteiger partial charge in [-0.05, 0) is 38.1 Å². The summed E-state index contributed by atoms with van der Waals surface area (Å²) in [7, 11) is 0. The third-order valence-corrected chi connectivity index (χ3v) is 5.16. The molecule has 1 saturated heterocycles. The zero-order chi connectivity index (χ0) is 19.5. The van der Waals surface area contributed by atoms with Gasteiger partial charge in [0.05, 0.1) is 22.8 Å². The largest absolute Gasteiger partial charge is 0.365 e. The van der Waals surface area contributed by atoms with Crippen molar-refractivity contribution in [3.63, 3.8) is 0 Å². The molecule has 0 unspecified atom stereocenters. The number of urea groups is 1. The van der Waals surface area contributed by atoms with Crippen molar-refractivity contribution in [2.45, 2.75) is 13.8 Å². The second kappa shape index (κ2) is 7.76. The number of anilines is 2. The summed E-state index contributed by atoms with van der Waals surface area (Å²) >= 11 is 0. The Morgan fingerprint density at radius 3 is 2.14 bits per heavy atom. The van der Waals surface area contributed by atoms with E-state index < -0.39 is 0 Å². The third-order valence-electron chi connectivity index (χ3n) is 5.16. The lowest BCUT2D eigenvalue weighted by atomic mass is 10.2. The van der Waals surface area contributed by atoms with Crippen LogP contribution in [0.4, 0.5) is 16.2 Å². The molecular formula is C22H25N5O. The number of carbonyl (C=O) groups is 1. The van der Waals surface area contributed by atoms with Crippen molar-refractivity contribution in [2.75, 3.05) is 36.4 Å². The topological polar surface area (TPSA) is 53.4 Å². The van der Waals surface area contributed by atoms with E-state index in [2.05, 4.69) is 36.2 Å². The zero-order valence-corrected chi connectivity index (χ0v) is 16.3. The molecule has 6 heteroatoms. The van der Waals surface area contributed by atoms with Crippen LogP contribution in [0, 0.1) is 13.8 Å². The number of aryl methyl sites for hydroxylation is 1. The minimum atomic E-state index is -0.0423. The summed E-state index contributed by atoms with van der Waals surface area (Å²) in [6.45, 7) is 7.13. The van der Waals surface area contributed by atoms with Gasteiger partial charge in [0.25, 0.3) is 0 Å². The molecule has 2 amide bonds. The van der Waals surface area contributed by atoms with E-state index in [4.69, 9.17) is 5.10 Å². The smallest absolute Gasteiger partial charge is 0.321 e. The van der Waals surface area contributed by atoms with Gasteiger partial charge in [-0.2, -0.15) is 5.10 Å². The quantitative estimate of drug-likeness (QED) is 0.757. The highest BCUT2D eigenvalue weighted by atomic mass is 16.2. The number of amides is 2. The van der Waals surface area contributed by atoms with E-state index in [9.17, 15) is 4.79 Å². The average molecular weight is 375 g/mol. The van der Waals surface area contributed by atoms with Gasteiger partial charge < -0.3 is 15.1 Å². The Morgan fingerprint density at radius 2 is 1.50 bits per heavy atom. The molecule has 0 spiro atoms. The number of nitrogens with one attached hydrogen (secondary N) is 1. The molecule has 0 atom stereocenters. The first-order valence-electron chi connectivity index (χ1n) is 9.61. The highest BCUT2D eigenvalue weighted by molar-refractivity contribution is 5.89. The van der Waals surface area contributed by atoms with Gasteiger partial charge in [0.2, 0.25) is 0 Å². The summed E-state index contributed by atoms with van der Waals surface area (Å²) in [4.78, 5) is 16.7. The maximum absolute atomic E-state index is 12.5. The zero-order valence-electron chi connectivity index (χ0n) is 16.3. The maximum atomic E-state index is 12.5. The molecule has 2 aromatic carbocycles. The second-order valence-corrected chi connectivity index (χ2v) is 7.04. The minimum Gasteiger partial charge on any atom is -0.365 e. The summed E-state index contributed by atoms with van der Waals surface area (Å²) in [5, 5.41) is 7.71. The Kier molecular flexibility index (Phi) is 5.02. The summed E-state index contributed by atoms with van der Waals surface area (Å²) in [5.74, 6) is 0. The van der Waals surface area contributed by atoms with E-state index in [0.717, 1.165) is 35.9 Å². The van der Waals surface area contributed by atoms with Crippen molar-refractivity contribution in [1.29, 1.82) is 0 Å². The summed E-state index contributed by atoms with van der Waals surface area (Å²) in [6.07, 6.45) is 0. The highest BCUT2D eigenvalue weighted by Gasteiger charge is 2.25. The summed E-state index contributed by atoms with van der Waals surface area (Å²) < 4.78 is 2.00. The van der Waals surface area contributed by atoms with Crippen LogP contribution in [0.1, 0.15) is 11.4 Å². The van der Waals surface area contributed by atoms with Gasteiger partial charge >= 0.3 is 6.03 Å². The van der Waals surface area contributed by atoms with Crippen LogP contribution in [0.3, 0.4) is 0 Å². The van der Waals surface area contributed by atoms with Gasteiger partial charge in [-0.1, -0.05) is 36.4 Å². The average Bonchev–Trinajstić information content (AvgIpc) is 3.03. The van der Waals surface area contributed by atoms with Gasteiger partial charge in [-0.25, -0.2) is 9.48 Å². The number of hydrogen-bond acceptors (Lipinski definition) is 3. The van der Waals surface area contributed by atoms with Crippen LogP contribution in [-0.4, -0.2) is 46.9 Å². The molecule has 4 rings (SSSR count). The van der Waals surface area contributed by atoms with Crippen LogP contribution < -0.4 is 10.2 Å². The van der Waals surface area contributed by atoms with Crippen molar-refractivity contribution in [3.8, 4) is 5.69 Å². The fourth-order valence-electron chi connectivity index (χ4n) is 3.77. The molecule has 1 aliphatic rings. The fourth-order valence-corrected chi connectivity index (χ4v) is 3.77. The Hall–Kier alpha value is -3.28. The molecule has 1 fully saturated rings. The number of nitrogens with zero attached hydrogens (tertiary/aromatic N) is 4. The van der Waals surface area contributed by atoms with Crippen LogP contribution in [-0.2, 0) is 0 Å². The minimum absolute atomic E-state index is 0.0423. The number of para-hydroxylation sites is 2. The fraction of sp³-hybridized carbons (Fsp3) is 0.273. The number of benzene rings is 2. The van der Waals surface area contributed by atoms with E-state index >= 15 is 0 Å². The van der Waals surface area contributed by atoms with Crippen LogP contribution in [0.5, 0.6) is 0 Å². The van der Waals surface area contributed by atoms with Gasteiger partial charge in [0, 0.05) is 31.9 Å². The van der Waals surface area contributed by atoms with Crippen LogP contribution in [0.2, 0.25) is 0 Å². The van der Waals surface area contributed by atoms with Crippen molar-refractivity contribution in [2.24, 2.45) is 0 Å². The van der Waals surface area contributed by atoms with E-state index in [1.807, 2.05) is 58.1 Å². The van der Waals surface area contributed by atoms with E-state index in [1.54, 1.807) is 0 Å². The second-order valence-electron chi connectivity index (χ2n) is 7.04. The van der Waals surface area contributed by atoms with E-state index in [1.165, 1.54) is 5.69 Å². The van der Waals surface area contributed by atoms with E-state index in [0.29, 0.717) is 13.1 Å². The van der Waals surface area contributed by atoms with Crippen molar-refractivity contribution in [3.05, 3.63) is 72.1 Å². The van der Waals surface area contributed by atoms with Crippen LogP contribution in [0.15, 0.2) is 60.7 Å². The normalized spacial score (nSPS) is 14.2. The molecule has 0 aliphatic carbocycles. The molecule has 0 radical (unpaired) electrons. The van der Waals surface area contributed by atoms with Crippen molar-refractivity contribution >= 4 is 17.4 Å². The Morgan fingerprint density at radius 1 is 0.893 bits per heavy atom. The van der Waals surface area contributed by atoms with Gasteiger partial charge in [-0.15, -0.1) is 0 Å². The molecule has 0 bridgehead atoms. The molecule has 1 aliphatic heterocycles.